The molecule has 1 heterocycles. The van der Waals surface area contributed by atoms with Gasteiger partial charge in [0.15, 0.2) is 0 Å². The summed E-state index contributed by atoms with van der Waals surface area (Å²) in [5.74, 6) is 0.819. The van der Waals surface area contributed by atoms with E-state index in [0.29, 0.717) is 5.02 Å². The SMILES string of the molecule is Cc1cccc2nc(C(C)Cl)n(-c3ccc(Br)c(Cl)c3)c12. The molecule has 2 aromatic carbocycles. The molecule has 0 bridgehead atoms. The van der Waals surface area contributed by atoms with Crippen LogP contribution in [0.15, 0.2) is 40.9 Å². The van der Waals surface area contributed by atoms with Gasteiger partial charge in [-0.3, -0.25) is 4.57 Å². The molecule has 3 rings (SSSR count). The highest BCUT2D eigenvalue weighted by atomic mass is 79.9. The Hall–Kier alpha value is -1.03. The smallest absolute Gasteiger partial charge is 0.132 e. The van der Waals surface area contributed by atoms with Gasteiger partial charge in [0.1, 0.15) is 5.82 Å². The Morgan fingerprint density at radius 1 is 1.24 bits per heavy atom. The highest BCUT2D eigenvalue weighted by Gasteiger charge is 2.18. The Bertz CT molecular complexity index is 825. The van der Waals surface area contributed by atoms with Crippen molar-refractivity contribution in [2.45, 2.75) is 19.2 Å². The van der Waals surface area contributed by atoms with Crippen molar-refractivity contribution in [3.63, 3.8) is 0 Å². The number of para-hydroxylation sites is 1. The number of benzene rings is 2. The van der Waals surface area contributed by atoms with Gasteiger partial charge in [-0.2, -0.15) is 0 Å². The van der Waals surface area contributed by atoms with Gasteiger partial charge >= 0.3 is 0 Å². The normalized spacial score (nSPS) is 12.8. The largest absolute Gasteiger partial charge is 0.295 e. The number of hydrogen-bond acceptors (Lipinski definition) is 1. The number of halogens is 3. The number of hydrogen-bond donors (Lipinski definition) is 0. The molecule has 0 aliphatic heterocycles. The fraction of sp³-hybridized carbons (Fsp3) is 0.188. The second kappa shape index (κ2) is 5.64. The van der Waals surface area contributed by atoms with Crippen LogP contribution in [0.4, 0.5) is 0 Å². The van der Waals surface area contributed by atoms with Crippen molar-refractivity contribution in [1.82, 2.24) is 9.55 Å². The van der Waals surface area contributed by atoms with Gasteiger partial charge in [-0.25, -0.2) is 4.98 Å². The molecule has 0 radical (unpaired) electrons. The van der Waals surface area contributed by atoms with Crippen molar-refractivity contribution in [2.24, 2.45) is 0 Å². The van der Waals surface area contributed by atoms with E-state index in [4.69, 9.17) is 23.2 Å². The van der Waals surface area contributed by atoms with E-state index in [1.807, 2.05) is 37.3 Å². The van der Waals surface area contributed by atoms with E-state index in [9.17, 15) is 0 Å². The lowest BCUT2D eigenvalue weighted by Crippen LogP contribution is -2.02. The van der Waals surface area contributed by atoms with Crippen LogP contribution in [0, 0.1) is 6.92 Å². The molecule has 0 fully saturated rings. The molecule has 0 aliphatic rings. The van der Waals surface area contributed by atoms with E-state index in [-0.39, 0.29) is 5.38 Å². The molecule has 0 aliphatic carbocycles. The molecular formula is C16H13BrCl2N2. The number of nitrogens with zero attached hydrogens (tertiary/aromatic N) is 2. The fourth-order valence-electron chi connectivity index (χ4n) is 2.46. The fourth-order valence-corrected chi connectivity index (χ4v) is 3.03. The molecule has 0 saturated heterocycles. The number of alkyl halides is 1. The molecule has 2 nitrogen and oxygen atoms in total. The molecule has 5 heteroatoms. The van der Waals surface area contributed by atoms with Crippen LogP contribution < -0.4 is 0 Å². The van der Waals surface area contributed by atoms with Gasteiger partial charge < -0.3 is 0 Å². The van der Waals surface area contributed by atoms with E-state index < -0.39 is 0 Å². The van der Waals surface area contributed by atoms with Crippen LogP contribution in [-0.4, -0.2) is 9.55 Å². The predicted octanol–water partition coefficient (Wildman–Crippen LogP) is 6.05. The van der Waals surface area contributed by atoms with E-state index in [1.165, 1.54) is 0 Å². The Labute approximate surface area is 141 Å². The average molecular weight is 384 g/mol. The molecule has 0 N–H and O–H groups in total. The van der Waals surface area contributed by atoms with Crippen molar-refractivity contribution in [2.75, 3.05) is 0 Å². The number of fused-ring (bicyclic) bond motifs is 1. The van der Waals surface area contributed by atoms with Gasteiger partial charge in [-0.05, 0) is 59.6 Å². The van der Waals surface area contributed by atoms with Crippen molar-refractivity contribution in [1.29, 1.82) is 0 Å². The first-order valence-corrected chi connectivity index (χ1v) is 8.17. The maximum absolute atomic E-state index is 6.33. The summed E-state index contributed by atoms with van der Waals surface area (Å²) < 4.78 is 2.95. The lowest BCUT2D eigenvalue weighted by Gasteiger charge is -2.12. The topological polar surface area (TPSA) is 17.8 Å². The highest BCUT2D eigenvalue weighted by Crippen LogP contribution is 2.32. The molecule has 1 unspecified atom stereocenters. The minimum absolute atomic E-state index is 0.195. The van der Waals surface area contributed by atoms with Crippen LogP contribution in [0.1, 0.15) is 23.7 Å². The van der Waals surface area contributed by atoms with Crippen LogP contribution in [0.2, 0.25) is 5.02 Å². The van der Waals surface area contributed by atoms with E-state index in [1.54, 1.807) is 0 Å². The zero-order valence-corrected chi connectivity index (χ0v) is 14.7. The van der Waals surface area contributed by atoms with Crippen LogP contribution in [0.3, 0.4) is 0 Å². The summed E-state index contributed by atoms with van der Waals surface area (Å²) in [6.45, 7) is 4.00. The molecule has 1 aromatic heterocycles. The van der Waals surface area contributed by atoms with Crippen molar-refractivity contribution in [3.05, 3.63) is 57.3 Å². The Morgan fingerprint density at radius 3 is 2.67 bits per heavy atom. The number of aryl methyl sites for hydroxylation is 1. The molecule has 0 amide bonds. The molecule has 21 heavy (non-hydrogen) atoms. The third-order valence-electron chi connectivity index (χ3n) is 3.42. The number of aromatic nitrogens is 2. The van der Waals surface area contributed by atoms with Crippen LogP contribution in [0.25, 0.3) is 16.7 Å². The van der Waals surface area contributed by atoms with Gasteiger partial charge in [0.25, 0.3) is 0 Å². The lowest BCUT2D eigenvalue weighted by atomic mass is 10.2. The van der Waals surface area contributed by atoms with Gasteiger partial charge in [-0.1, -0.05) is 23.7 Å². The van der Waals surface area contributed by atoms with Crippen LogP contribution in [0.5, 0.6) is 0 Å². The summed E-state index contributed by atoms with van der Waals surface area (Å²) in [6.07, 6.45) is 0. The first-order valence-electron chi connectivity index (χ1n) is 6.56. The zero-order chi connectivity index (χ0) is 15.1. The van der Waals surface area contributed by atoms with E-state index in [2.05, 4.69) is 38.5 Å². The molecule has 108 valence electrons. The van der Waals surface area contributed by atoms with Gasteiger partial charge in [-0.15, -0.1) is 11.6 Å². The zero-order valence-electron chi connectivity index (χ0n) is 11.6. The van der Waals surface area contributed by atoms with E-state index in [0.717, 1.165) is 32.6 Å². The standard InChI is InChI=1S/C16H13BrCl2N2/c1-9-4-3-5-14-15(9)21(16(20-14)10(2)18)11-6-7-12(17)13(19)8-11/h3-8,10H,1-2H3. The van der Waals surface area contributed by atoms with Gasteiger partial charge in [0.2, 0.25) is 0 Å². The van der Waals surface area contributed by atoms with E-state index >= 15 is 0 Å². The lowest BCUT2D eigenvalue weighted by molar-refractivity contribution is 0.881. The first kappa shape index (κ1) is 14.9. The second-order valence-corrected chi connectivity index (χ2v) is 6.88. The summed E-state index contributed by atoms with van der Waals surface area (Å²) in [7, 11) is 0. The molecule has 0 spiro atoms. The van der Waals surface area contributed by atoms with Gasteiger partial charge in [0, 0.05) is 10.2 Å². The quantitative estimate of drug-likeness (QED) is 0.492. The number of imidazole rings is 1. The molecule has 0 saturated carbocycles. The third kappa shape index (κ3) is 2.59. The Morgan fingerprint density at radius 2 is 2.00 bits per heavy atom. The summed E-state index contributed by atoms with van der Waals surface area (Å²) in [5.41, 5.74) is 4.13. The van der Waals surface area contributed by atoms with Crippen LogP contribution in [-0.2, 0) is 0 Å². The van der Waals surface area contributed by atoms with Crippen LogP contribution >= 0.6 is 39.1 Å². The second-order valence-electron chi connectivity index (χ2n) is 4.96. The maximum Gasteiger partial charge on any atom is 0.132 e. The first-order chi connectivity index (χ1) is 9.99. The molecular weight excluding hydrogens is 371 g/mol. The maximum atomic E-state index is 6.33. The molecule has 3 aromatic rings. The van der Waals surface area contributed by atoms with Crippen molar-refractivity contribution >= 4 is 50.2 Å². The monoisotopic (exact) mass is 382 g/mol. The minimum atomic E-state index is -0.195. The Kier molecular flexibility index (Phi) is 4.00. The summed E-state index contributed by atoms with van der Waals surface area (Å²) in [6, 6.07) is 11.9. The van der Waals surface area contributed by atoms with Crippen molar-refractivity contribution in [3.8, 4) is 5.69 Å². The third-order valence-corrected chi connectivity index (χ3v) is 4.85. The Balaban J connectivity index is 2.38. The minimum Gasteiger partial charge on any atom is -0.295 e. The summed E-state index contributed by atoms with van der Waals surface area (Å²) in [4.78, 5) is 4.68. The predicted molar refractivity (Wildman–Crippen MR) is 92.8 cm³/mol. The van der Waals surface area contributed by atoms with Crippen molar-refractivity contribution < 1.29 is 0 Å². The summed E-state index contributed by atoms with van der Waals surface area (Å²) >= 11 is 16.0. The summed E-state index contributed by atoms with van der Waals surface area (Å²) in [5, 5.41) is 0.468. The average Bonchev–Trinajstić information content (AvgIpc) is 2.83. The van der Waals surface area contributed by atoms with Gasteiger partial charge in [0.05, 0.1) is 21.4 Å². The number of rotatable bonds is 2. The molecule has 1 atom stereocenters. The highest BCUT2D eigenvalue weighted by molar-refractivity contribution is 9.10.